The van der Waals surface area contributed by atoms with E-state index in [-0.39, 0.29) is 30.1 Å². The molecule has 2 amide bonds. The molecule has 0 radical (unpaired) electrons. The lowest BCUT2D eigenvalue weighted by Crippen LogP contribution is -2.45. The zero-order valence-electron chi connectivity index (χ0n) is 12.7. The summed E-state index contributed by atoms with van der Waals surface area (Å²) in [6.07, 6.45) is -0.479. The quantitative estimate of drug-likeness (QED) is 0.785. The van der Waals surface area contributed by atoms with E-state index in [9.17, 15) is 9.59 Å². The molecule has 1 heterocycles. The summed E-state index contributed by atoms with van der Waals surface area (Å²) in [4.78, 5) is 23.7. The summed E-state index contributed by atoms with van der Waals surface area (Å²) >= 11 is 0. The molecule has 1 aliphatic rings. The molecule has 1 aromatic rings. The monoisotopic (exact) mass is 327 g/mol. The Kier molecular flexibility index (Phi) is 7.31. The van der Waals surface area contributed by atoms with Gasteiger partial charge in [0, 0.05) is 30.4 Å². The van der Waals surface area contributed by atoms with Gasteiger partial charge in [0.1, 0.15) is 6.10 Å². The molecule has 1 fully saturated rings. The maximum absolute atomic E-state index is 12.0. The second-order valence-corrected chi connectivity index (χ2v) is 5.28. The third-order valence-corrected chi connectivity index (χ3v) is 3.14. The van der Waals surface area contributed by atoms with Crippen molar-refractivity contribution in [3.63, 3.8) is 0 Å². The lowest BCUT2D eigenvalue weighted by atomic mass is 10.2. The van der Waals surface area contributed by atoms with E-state index in [1.54, 1.807) is 24.3 Å². The van der Waals surface area contributed by atoms with E-state index >= 15 is 0 Å². The molecule has 0 bridgehead atoms. The van der Waals surface area contributed by atoms with Gasteiger partial charge in [0.15, 0.2) is 0 Å². The van der Waals surface area contributed by atoms with Crippen LogP contribution in [-0.2, 0) is 14.3 Å². The first-order valence-electron chi connectivity index (χ1n) is 7.10. The summed E-state index contributed by atoms with van der Waals surface area (Å²) in [5, 5.41) is 8.71. The van der Waals surface area contributed by atoms with Crippen LogP contribution in [0.5, 0.6) is 0 Å². The molecular weight excluding hydrogens is 306 g/mol. The molecule has 122 valence electrons. The van der Waals surface area contributed by atoms with Crippen molar-refractivity contribution in [1.29, 1.82) is 0 Å². The molecule has 6 nitrogen and oxygen atoms in total. The summed E-state index contributed by atoms with van der Waals surface area (Å²) in [6, 6.07) is 7.08. The van der Waals surface area contributed by atoms with E-state index in [2.05, 4.69) is 16.0 Å². The lowest BCUT2D eigenvalue weighted by molar-refractivity contribution is -0.128. The molecular formula is C15H22ClN3O3. The van der Waals surface area contributed by atoms with Crippen LogP contribution in [0.25, 0.3) is 0 Å². The van der Waals surface area contributed by atoms with E-state index in [1.807, 2.05) is 13.8 Å². The molecule has 7 heteroatoms. The molecule has 1 atom stereocenters. The van der Waals surface area contributed by atoms with Crippen LogP contribution < -0.4 is 16.0 Å². The smallest absolute Gasteiger partial charge is 0.254 e. The van der Waals surface area contributed by atoms with Crippen LogP contribution in [0.2, 0.25) is 0 Å². The van der Waals surface area contributed by atoms with Gasteiger partial charge in [0.25, 0.3) is 5.91 Å². The maximum Gasteiger partial charge on any atom is 0.254 e. The van der Waals surface area contributed by atoms with Gasteiger partial charge in [-0.3, -0.25) is 9.59 Å². The molecule has 1 aliphatic heterocycles. The van der Waals surface area contributed by atoms with Gasteiger partial charge >= 0.3 is 0 Å². The van der Waals surface area contributed by atoms with Gasteiger partial charge in [-0.15, -0.1) is 12.4 Å². The Bertz CT molecular complexity index is 517. The first kappa shape index (κ1) is 18.4. The maximum atomic E-state index is 12.0. The predicted molar refractivity (Wildman–Crippen MR) is 88.4 cm³/mol. The Balaban J connectivity index is 0.00000242. The van der Waals surface area contributed by atoms with E-state index in [4.69, 9.17) is 4.74 Å². The first-order chi connectivity index (χ1) is 10.1. The highest BCUT2D eigenvalue weighted by Gasteiger charge is 2.21. The number of anilines is 2. The number of nitrogens with one attached hydrogen (secondary N) is 3. The molecule has 1 unspecified atom stereocenters. The predicted octanol–water partition coefficient (Wildman–Crippen LogP) is 1.63. The Morgan fingerprint density at radius 2 is 1.95 bits per heavy atom. The van der Waals surface area contributed by atoms with Gasteiger partial charge in [0.2, 0.25) is 5.91 Å². The number of halogens is 1. The number of amides is 2. The fourth-order valence-electron chi connectivity index (χ4n) is 1.92. The number of ether oxygens (including phenoxy) is 1. The van der Waals surface area contributed by atoms with Crippen molar-refractivity contribution in [3.8, 4) is 0 Å². The van der Waals surface area contributed by atoms with Crippen molar-refractivity contribution in [3.05, 3.63) is 24.3 Å². The van der Waals surface area contributed by atoms with Gasteiger partial charge in [0.05, 0.1) is 6.61 Å². The third-order valence-electron chi connectivity index (χ3n) is 3.14. The highest BCUT2D eigenvalue weighted by atomic mass is 35.5. The number of carbonyl (C=O) groups excluding carboxylic acids is 2. The highest BCUT2D eigenvalue weighted by molar-refractivity contribution is 5.96. The van der Waals surface area contributed by atoms with Crippen molar-refractivity contribution < 1.29 is 14.3 Å². The van der Waals surface area contributed by atoms with Crippen LogP contribution in [0, 0.1) is 5.92 Å². The highest BCUT2D eigenvalue weighted by Crippen LogP contribution is 2.16. The summed E-state index contributed by atoms with van der Waals surface area (Å²) in [6.45, 7) is 5.46. The number of hydrogen-bond donors (Lipinski definition) is 3. The Morgan fingerprint density at radius 3 is 2.55 bits per heavy atom. The minimum Gasteiger partial charge on any atom is -0.366 e. The van der Waals surface area contributed by atoms with Crippen molar-refractivity contribution in [1.82, 2.24) is 5.32 Å². The Labute approximate surface area is 136 Å². The van der Waals surface area contributed by atoms with Gasteiger partial charge < -0.3 is 20.7 Å². The molecule has 22 heavy (non-hydrogen) atoms. The average molecular weight is 328 g/mol. The van der Waals surface area contributed by atoms with Crippen molar-refractivity contribution in [2.24, 2.45) is 5.92 Å². The molecule has 0 spiro atoms. The second-order valence-electron chi connectivity index (χ2n) is 5.28. The van der Waals surface area contributed by atoms with Crippen molar-refractivity contribution >= 4 is 35.6 Å². The molecule has 1 aromatic carbocycles. The number of rotatable bonds is 4. The molecule has 0 aromatic heterocycles. The van der Waals surface area contributed by atoms with Gasteiger partial charge in [-0.1, -0.05) is 19.9 Å². The van der Waals surface area contributed by atoms with Crippen LogP contribution in [-0.4, -0.2) is 37.6 Å². The largest absolute Gasteiger partial charge is 0.366 e. The Hall–Kier alpha value is -1.63. The van der Waals surface area contributed by atoms with E-state index < -0.39 is 6.10 Å². The third kappa shape index (κ3) is 5.29. The van der Waals surface area contributed by atoms with Crippen molar-refractivity contribution in [2.75, 3.05) is 30.3 Å². The van der Waals surface area contributed by atoms with Gasteiger partial charge in [-0.2, -0.15) is 0 Å². The van der Waals surface area contributed by atoms with E-state index in [0.717, 1.165) is 6.54 Å². The average Bonchev–Trinajstić information content (AvgIpc) is 2.48. The van der Waals surface area contributed by atoms with Gasteiger partial charge in [-0.25, -0.2) is 0 Å². The molecule has 0 aliphatic carbocycles. The summed E-state index contributed by atoms with van der Waals surface area (Å²) < 4.78 is 5.39. The topological polar surface area (TPSA) is 79.5 Å². The van der Waals surface area contributed by atoms with E-state index in [0.29, 0.717) is 24.5 Å². The normalized spacial score (nSPS) is 17.5. The number of carbonyl (C=O) groups is 2. The minimum atomic E-state index is -0.479. The minimum absolute atomic E-state index is 0. The van der Waals surface area contributed by atoms with E-state index in [1.165, 1.54) is 0 Å². The summed E-state index contributed by atoms with van der Waals surface area (Å²) in [7, 11) is 0. The summed E-state index contributed by atoms with van der Waals surface area (Å²) in [5.41, 5.74) is 1.30. The molecule has 2 rings (SSSR count). The van der Waals surface area contributed by atoms with Crippen LogP contribution in [0.15, 0.2) is 24.3 Å². The molecule has 0 saturated carbocycles. The molecule has 1 saturated heterocycles. The zero-order chi connectivity index (χ0) is 15.2. The first-order valence-corrected chi connectivity index (χ1v) is 7.10. The second kappa shape index (κ2) is 8.73. The number of hydrogen-bond acceptors (Lipinski definition) is 4. The van der Waals surface area contributed by atoms with Crippen LogP contribution in [0.3, 0.4) is 0 Å². The fourth-order valence-corrected chi connectivity index (χ4v) is 1.92. The summed E-state index contributed by atoms with van der Waals surface area (Å²) in [5.74, 6) is -0.335. The Morgan fingerprint density at radius 1 is 1.27 bits per heavy atom. The van der Waals surface area contributed by atoms with Crippen LogP contribution >= 0.6 is 12.4 Å². The molecule has 3 N–H and O–H groups in total. The van der Waals surface area contributed by atoms with Crippen LogP contribution in [0.4, 0.5) is 11.4 Å². The lowest BCUT2D eigenvalue weighted by Gasteiger charge is -2.22. The fraction of sp³-hybridized carbons (Fsp3) is 0.467. The zero-order valence-corrected chi connectivity index (χ0v) is 13.5. The van der Waals surface area contributed by atoms with Crippen LogP contribution in [0.1, 0.15) is 13.8 Å². The SMILES string of the molecule is CC(C)C(=O)Nc1cccc(NC(=O)C2CNCCO2)c1.Cl. The van der Waals surface area contributed by atoms with Crippen molar-refractivity contribution in [2.45, 2.75) is 20.0 Å². The standard InChI is InChI=1S/C15H21N3O3.ClH/c1-10(2)14(19)17-11-4-3-5-12(8-11)18-15(20)13-9-16-6-7-21-13;/h3-5,8,10,13,16H,6-7,9H2,1-2H3,(H,17,19)(H,18,20);1H. The number of benzene rings is 1. The van der Waals surface area contributed by atoms with Gasteiger partial charge in [-0.05, 0) is 18.2 Å². The number of morpholine rings is 1.